The first-order chi connectivity index (χ1) is 6.40. The maximum Gasteiger partial charge on any atom is 0.0991 e. The zero-order chi connectivity index (χ0) is 9.10. The van der Waals surface area contributed by atoms with Crippen molar-refractivity contribution in [2.75, 3.05) is 0 Å². The van der Waals surface area contributed by atoms with Gasteiger partial charge in [-0.1, -0.05) is 18.2 Å². The average Bonchev–Trinajstić information content (AvgIpc) is 2.71. The second-order valence-corrected chi connectivity index (χ2v) is 3.61. The van der Waals surface area contributed by atoms with Crippen LogP contribution in [-0.2, 0) is 0 Å². The Balaban J connectivity index is 2.40. The van der Waals surface area contributed by atoms with Crippen molar-refractivity contribution < 1.29 is 0 Å². The van der Waals surface area contributed by atoms with E-state index >= 15 is 0 Å². The zero-order valence-electron chi connectivity index (χ0n) is 6.90. The van der Waals surface area contributed by atoms with E-state index in [1.807, 2.05) is 35.7 Å². The van der Waals surface area contributed by atoms with E-state index in [0.717, 1.165) is 0 Å². The quantitative estimate of drug-likeness (QED) is 0.668. The molecule has 0 fully saturated rings. The van der Waals surface area contributed by atoms with E-state index in [1.165, 1.54) is 10.4 Å². The molecule has 0 aliphatic carbocycles. The first-order valence-corrected chi connectivity index (χ1v) is 4.82. The largest absolute Gasteiger partial charge is 0.192 e. The molecule has 0 saturated carbocycles. The van der Waals surface area contributed by atoms with Gasteiger partial charge < -0.3 is 0 Å². The smallest absolute Gasteiger partial charge is 0.0991 e. The Morgan fingerprint density at radius 2 is 1.85 bits per heavy atom. The summed E-state index contributed by atoms with van der Waals surface area (Å²) in [7, 11) is 0. The first kappa shape index (κ1) is 8.03. The van der Waals surface area contributed by atoms with Gasteiger partial charge in [0.2, 0.25) is 0 Å². The van der Waals surface area contributed by atoms with E-state index in [-0.39, 0.29) is 0 Å². The van der Waals surface area contributed by atoms with Crippen molar-refractivity contribution in [3.63, 3.8) is 0 Å². The number of benzene rings is 1. The molecule has 1 nitrogen and oxygen atoms in total. The Kier molecular flexibility index (Phi) is 2.11. The van der Waals surface area contributed by atoms with E-state index in [9.17, 15) is 0 Å². The molecule has 1 heterocycles. The summed E-state index contributed by atoms with van der Waals surface area (Å²) in [6, 6.07) is 13.8. The van der Waals surface area contributed by atoms with Crippen molar-refractivity contribution in [2.24, 2.45) is 0 Å². The van der Waals surface area contributed by atoms with Crippen molar-refractivity contribution in [1.29, 1.82) is 5.26 Å². The van der Waals surface area contributed by atoms with Gasteiger partial charge in [0.15, 0.2) is 0 Å². The van der Waals surface area contributed by atoms with Crippen LogP contribution in [0.3, 0.4) is 0 Å². The molecule has 0 bridgehead atoms. The molecule has 0 radical (unpaired) electrons. The SMILES string of the molecule is N#Cc1ccc(-c2cccs2)cc1. The van der Waals surface area contributed by atoms with Crippen molar-refractivity contribution in [1.82, 2.24) is 0 Å². The average molecular weight is 185 g/mol. The van der Waals surface area contributed by atoms with Crippen LogP contribution >= 0.6 is 11.3 Å². The molecule has 0 saturated heterocycles. The van der Waals surface area contributed by atoms with E-state index in [0.29, 0.717) is 5.56 Å². The fourth-order valence-electron chi connectivity index (χ4n) is 1.15. The highest BCUT2D eigenvalue weighted by molar-refractivity contribution is 7.13. The Morgan fingerprint density at radius 1 is 1.08 bits per heavy atom. The summed E-state index contributed by atoms with van der Waals surface area (Å²) in [6.07, 6.45) is 0. The van der Waals surface area contributed by atoms with E-state index in [1.54, 1.807) is 11.3 Å². The lowest BCUT2D eigenvalue weighted by Crippen LogP contribution is -1.74. The Labute approximate surface area is 80.9 Å². The van der Waals surface area contributed by atoms with Crippen LogP contribution in [0.2, 0.25) is 0 Å². The molecule has 0 unspecified atom stereocenters. The topological polar surface area (TPSA) is 23.8 Å². The molecule has 0 spiro atoms. The number of nitrogens with zero attached hydrogens (tertiary/aromatic N) is 1. The third-order valence-corrected chi connectivity index (χ3v) is 2.74. The summed E-state index contributed by atoms with van der Waals surface area (Å²) < 4.78 is 0. The monoisotopic (exact) mass is 185 g/mol. The molecular formula is C11H7NS. The van der Waals surface area contributed by atoms with E-state index in [2.05, 4.69) is 12.1 Å². The lowest BCUT2D eigenvalue weighted by atomic mass is 10.1. The minimum atomic E-state index is 0.709. The van der Waals surface area contributed by atoms with Crippen LogP contribution in [0.4, 0.5) is 0 Å². The maximum absolute atomic E-state index is 8.61. The van der Waals surface area contributed by atoms with Gasteiger partial charge in [0.1, 0.15) is 0 Å². The molecule has 0 atom stereocenters. The summed E-state index contributed by atoms with van der Waals surface area (Å²) in [6.45, 7) is 0. The first-order valence-electron chi connectivity index (χ1n) is 3.94. The Hall–Kier alpha value is -1.59. The van der Waals surface area contributed by atoms with Crippen molar-refractivity contribution in [2.45, 2.75) is 0 Å². The molecule has 0 aliphatic heterocycles. The fourth-order valence-corrected chi connectivity index (χ4v) is 1.88. The number of nitriles is 1. The molecule has 0 amide bonds. The van der Waals surface area contributed by atoms with Crippen LogP contribution in [0.1, 0.15) is 5.56 Å². The van der Waals surface area contributed by atoms with E-state index < -0.39 is 0 Å². The van der Waals surface area contributed by atoms with Crippen molar-refractivity contribution in [3.05, 3.63) is 47.3 Å². The van der Waals surface area contributed by atoms with Crippen LogP contribution < -0.4 is 0 Å². The molecule has 2 heteroatoms. The molecule has 2 aromatic rings. The van der Waals surface area contributed by atoms with Crippen LogP contribution in [0.15, 0.2) is 41.8 Å². The Bertz CT molecular complexity index is 420. The predicted octanol–water partition coefficient (Wildman–Crippen LogP) is 3.29. The molecule has 1 aromatic carbocycles. The van der Waals surface area contributed by atoms with Crippen molar-refractivity contribution in [3.8, 4) is 16.5 Å². The molecule has 2 rings (SSSR count). The predicted molar refractivity (Wildman–Crippen MR) is 54.5 cm³/mol. The highest BCUT2D eigenvalue weighted by Gasteiger charge is 1.97. The normalized spacial score (nSPS) is 9.46. The van der Waals surface area contributed by atoms with Gasteiger partial charge in [0.25, 0.3) is 0 Å². The van der Waals surface area contributed by atoms with Gasteiger partial charge in [-0.2, -0.15) is 5.26 Å². The minimum absolute atomic E-state index is 0.709. The summed E-state index contributed by atoms with van der Waals surface area (Å²) in [5, 5.41) is 10.7. The van der Waals surface area contributed by atoms with Gasteiger partial charge in [0.05, 0.1) is 11.6 Å². The van der Waals surface area contributed by atoms with Gasteiger partial charge in [0, 0.05) is 4.88 Å². The number of thiophene rings is 1. The van der Waals surface area contributed by atoms with Crippen LogP contribution in [0.25, 0.3) is 10.4 Å². The molecule has 0 aliphatic rings. The second kappa shape index (κ2) is 3.42. The van der Waals surface area contributed by atoms with Crippen LogP contribution in [-0.4, -0.2) is 0 Å². The van der Waals surface area contributed by atoms with Crippen molar-refractivity contribution >= 4 is 11.3 Å². The van der Waals surface area contributed by atoms with Gasteiger partial charge in [-0.3, -0.25) is 0 Å². The molecule has 1 aromatic heterocycles. The summed E-state index contributed by atoms with van der Waals surface area (Å²) in [5.41, 5.74) is 1.88. The third-order valence-electron chi connectivity index (χ3n) is 1.82. The summed E-state index contributed by atoms with van der Waals surface area (Å²) in [4.78, 5) is 1.24. The fraction of sp³-hybridized carbons (Fsp3) is 0. The lowest BCUT2D eigenvalue weighted by Gasteiger charge is -1.95. The molecule has 0 N–H and O–H groups in total. The standard InChI is InChI=1S/C11H7NS/c12-8-9-3-5-10(6-4-9)11-2-1-7-13-11/h1-7H. The third kappa shape index (κ3) is 1.61. The highest BCUT2D eigenvalue weighted by Crippen LogP contribution is 2.24. The number of hydrogen-bond donors (Lipinski definition) is 0. The zero-order valence-corrected chi connectivity index (χ0v) is 7.71. The number of hydrogen-bond acceptors (Lipinski definition) is 2. The molecular weight excluding hydrogens is 178 g/mol. The summed E-state index contributed by atoms with van der Waals surface area (Å²) in [5.74, 6) is 0. The van der Waals surface area contributed by atoms with Gasteiger partial charge in [-0.05, 0) is 29.1 Å². The van der Waals surface area contributed by atoms with E-state index in [4.69, 9.17) is 5.26 Å². The highest BCUT2D eigenvalue weighted by atomic mass is 32.1. The second-order valence-electron chi connectivity index (χ2n) is 2.67. The number of rotatable bonds is 1. The molecule has 13 heavy (non-hydrogen) atoms. The minimum Gasteiger partial charge on any atom is -0.192 e. The Morgan fingerprint density at radius 3 is 2.38 bits per heavy atom. The molecule has 62 valence electrons. The van der Waals surface area contributed by atoms with Crippen LogP contribution in [0, 0.1) is 11.3 Å². The maximum atomic E-state index is 8.61. The van der Waals surface area contributed by atoms with Gasteiger partial charge in [-0.15, -0.1) is 11.3 Å². The summed E-state index contributed by atoms with van der Waals surface area (Å²) >= 11 is 1.71. The van der Waals surface area contributed by atoms with Gasteiger partial charge in [-0.25, -0.2) is 0 Å². The van der Waals surface area contributed by atoms with Crippen LogP contribution in [0.5, 0.6) is 0 Å². The lowest BCUT2D eigenvalue weighted by molar-refractivity contribution is 1.49. The van der Waals surface area contributed by atoms with Gasteiger partial charge >= 0.3 is 0 Å².